The summed E-state index contributed by atoms with van der Waals surface area (Å²) in [6.45, 7) is 2.06. The molecule has 23 heavy (non-hydrogen) atoms. The maximum absolute atomic E-state index is 12.0. The molecule has 0 radical (unpaired) electrons. The van der Waals surface area contributed by atoms with Crippen LogP contribution < -0.4 is 20.1 Å². The predicted molar refractivity (Wildman–Crippen MR) is 88.0 cm³/mol. The summed E-state index contributed by atoms with van der Waals surface area (Å²) < 4.78 is 11.0. The van der Waals surface area contributed by atoms with Gasteiger partial charge in [0.15, 0.2) is 18.0 Å². The fraction of sp³-hybridized carbons (Fsp3) is 0.235. The van der Waals surface area contributed by atoms with Gasteiger partial charge in [-0.2, -0.15) is 0 Å². The van der Waals surface area contributed by atoms with E-state index in [4.69, 9.17) is 21.1 Å². The largest absolute Gasteiger partial charge is 0.486 e. The number of benzene rings is 2. The Labute approximate surface area is 139 Å². The van der Waals surface area contributed by atoms with Crippen molar-refractivity contribution in [2.24, 2.45) is 0 Å². The predicted octanol–water partition coefficient (Wildman–Crippen LogP) is 1.81. The molecule has 2 aromatic carbocycles. The summed E-state index contributed by atoms with van der Waals surface area (Å²) in [4.78, 5) is 12.0. The number of ether oxygens (including phenoxy) is 2. The van der Waals surface area contributed by atoms with Crippen LogP contribution in [0.4, 0.5) is 5.69 Å². The van der Waals surface area contributed by atoms with E-state index in [0.29, 0.717) is 43.5 Å². The Morgan fingerprint density at radius 1 is 1.13 bits per heavy atom. The van der Waals surface area contributed by atoms with Crippen LogP contribution in [0.5, 0.6) is 11.5 Å². The minimum absolute atomic E-state index is 0.0752. The van der Waals surface area contributed by atoms with Gasteiger partial charge >= 0.3 is 0 Å². The third kappa shape index (κ3) is 4.15. The van der Waals surface area contributed by atoms with Gasteiger partial charge in [0.05, 0.1) is 0 Å². The second-order valence-electron chi connectivity index (χ2n) is 5.19. The zero-order valence-electron chi connectivity index (χ0n) is 12.5. The summed E-state index contributed by atoms with van der Waals surface area (Å²) in [7, 11) is 0. The van der Waals surface area contributed by atoms with Crippen LogP contribution in [0.15, 0.2) is 42.5 Å². The van der Waals surface area contributed by atoms with E-state index >= 15 is 0 Å². The molecule has 0 aromatic heterocycles. The average molecular weight is 334 g/mol. The second kappa shape index (κ2) is 7.35. The van der Waals surface area contributed by atoms with Gasteiger partial charge in [0, 0.05) is 22.3 Å². The normalized spacial score (nSPS) is 12.7. The van der Waals surface area contributed by atoms with Crippen LogP contribution in [0, 0.1) is 0 Å². The fourth-order valence-electron chi connectivity index (χ4n) is 2.36. The number of nitrogens with two attached hydrogens (primary N) is 1. The molecule has 0 atom stereocenters. The van der Waals surface area contributed by atoms with Gasteiger partial charge in [0.25, 0.3) is 5.91 Å². The highest BCUT2D eigenvalue weighted by Gasteiger charge is 2.13. The molecule has 120 valence electrons. The van der Waals surface area contributed by atoms with Crippen LogP contribution in [0.3, 0.4) is 0 Å². The standard InChI is InChI=1S/C17H17ClN2O3/c18-14-4-2-1-3-12(14)10-19-11-17(21)20-13-5-6-15-16(9-13)23-8-7-22-15/h1-6,9,19H,7-8,10-11H2,(H,20,21)/p+1. The minimum Gasteiger partial charge on any atom is -0.486 e. The van der Waals surface area contributed by atoms with Crippen molar-refractivity contribution < 1.29 is 19.6 Å². The number of anilines is 1. The van der Waals surface area contributed by atoms with Crippen molar-refractivity contribution in [3.63, 3.8) is 0 Å². The van der Waals surface area contributed by atoms with E-state index in [1.54, 1.807) is 18.2 Å². The Morgan fingerprint density at radius 2 is 1.91 bits per heavy atom. The Balaban J connectivity index is 1.50. The number of carbonyl (C=O) groups is 1. The highest BCUT2D eigenvalue weighted by atomic mass is 35.5. The number of nitrogens with one attached hydrogen (secondary N) is 1. The Bertz CT molecular complexity index is 706. The third-order valence-corrected chi connectivity index (χ3v) is 3.85. The molecule has 0 fully saturated rings. The summed E-state index contributed by atoms with van der Waals surface area (Å²) in [5.41, 5.74) is 1.71. The van der Waals surface area contributed by atoms with Crippen molar-refractivity contribution in [1.82, 2.24) is 0 Å². The minimum atomic E-state index is -0.0752. The molecule has 0 bridgehead atoms. The smallest absolute Gasteiger partial charge is 0.279 e. The quantitative estimate of drug-likeness (QED) is 0.877. The van der Waals surface area contributed by atoms with Crippen LogP contribution in [-0.2, 0) is 11.3 Å². The lowest BCUT2D eigenvalue weighted by atomic mass is 10.2. The van der Waals surface area contributed by atoms with Gasteiger partial charge in [0.2, 0.25) is 0 Å². The monoisotopic (exact) mass is 333 g/mol. The van der Waals surface area contributed by atoms with Crippen LogP contribution in [0.25, 0.3) is 0 Å². The molecule has 0 saturated heterocycles. The van der Waals surface area contributed by atoms with E-state index in [1.807, 2.05) is 29.6 Å². The molecular weight excluding hydrogens is 316 g/mol. The summed E-state index contributed by atoms with van der Waals surface area (Å²) >= 11 is 6.09. The first-order valence-corrected chi connectivity index (χ1v) is 7.85. The number of amides is 1. The molecular formula is C17H18ClN2O3+. The molecule has 6 heteroatoms. The van der Waals surface area contributed by atoms with Gasteiger partial charge in [-0.25, -0.2) is 0 Å². The van der Waals surface area contributed by atoms with E-state index in [-0.39, 0.29) is 5.91 Å². The van der Waals surface area contributed by atoms with Crippen molar-refractivity contribution in [2.45, 2.75) is 6.54 Å². The first kappa shape index (κ1) is 15.6. The highest BCUT2D eigenvalue weighted by Crippen LogP contribution is 2.32. The first-order chi connectivity index (χ1) is 11.2. The zero-order valence-corrected chi connectivity index (χ0v) is 13.3. The summed E-state index contributed by atoms with van der Waals surface area (Å²) in [6.07, 6.45) is 0. The summed E-state index contributed by atoms with van der Waals surface area (Å²) in [5, 5.41) is 5.48. The van der Waals surface area contributed by atoms with E-state index in [0.717, 1.165) is 10.6 Å². The number of halogens is 1. The van der Waals surface area contributed by atoms with Gasteiger partial charge in [-0.3, -0.25) is 4.79 Å². The highest BCUT2D eigenvalue weighted by molar-refractivity contribution is 6.31. The molecule has 3 N–H and O–H groups in total. The van der Waals surface area contributed by atoms with Gasteiger partial charge in [-0.15, -0.1) is 0 Å². The van der Waals surface area contributed by atoms with Crippen molar-refractivity contribution >= 4 is 23.2 Å². The van der Waals surface area contributed by atoms with Gasteiger partial charge < -0.3 is 20.1 Å². The molecule has 0 spiro atoms. The molecule has 3 rings (SSSR count). The summed E-state index contributed by atoms with van der Waals surface area (Å²) in [5.74, 6) is 1.29. The van der Waals surface area contributed by atoms with E-state index in [1.165, 1.54) is 0 Å². The van der Waals surface area contributed by atoms with Crippen molar-refractivity contribution in [3.05, 3.63) is 53.1 Å². The third-order valence-electron chi connectivity index (χ3n) is 3.48. The molecule has 1 aliphatic heterocycles. The lowest BCUT2D eigenvalue weighted by molar-refractivity contribution is -0.659. The number of rotatable bonds is 5. The molecule has 2 aromatic rings. The van der Waals surface area contributed by atoms with Gasteiger partial charge in [-0.1, -0.05) is 29.8 Å². The first-order valence-electron chi connectivity index (χ1n) is 7.47. The van der Waals surface area contributed by atoms with E-state index < -0.39 is 0 Å². The lowest BCUT2D eigenvalue weighted by Crippen LogP contribution is -2.84. The van der Waals surface area contributed by atoms with Gasteiger partial charge in [0.1, 0.15) is 19.8 Å². The average Bonchev–Trinajstić information content (AvgIpc) is 2.56. The van der Waals surface area contributed by atoms with Crippen molar-refractivity contribution in [3.8, 4) is 11.5 Å². The van der Waals surface area contributed by atoms with Crippen LogP contribution in [0.1, 0.15) is 5.56 Å². The second-order valence-corrected chi connectivity index (χ2v) is 5.60. The number of carbonyl (C=O) groups excluding carboxylic acids is 1. The van der Waals surface area contributed by atoms with Crippen LogP contribution in [0.2, 0.25) is 5.02 Å². The molecule has 1 heterocycles. The molecule has 0 aliphatic carbocycles. The Morgan fingerprint density at radius 3 is 2.74 bits per heavy atom. The SMILES string of the molecule is O=C(C[NH2+]Cc1ccccc1Cl)Nc1ccc2c(c1)OCCO2. The molecule has 0 saturated carbocycles. The van der Waals surface area contributed by atoms with Gasteiger partial charge in [-0.05, 0) is 18.2 Å². The molecule has 5 nitrogen and oxygen atoms in total. The fourth-order valence-corrected chi connectivity index (χ4v) is 2.57. The Hall–Kier alpha value is -2.24. The number of hydrogen-bond acceptors (Lipinski definition) is 3. The summed E-state index contributed by atoms with van der Waals surface area (Å²) in [6, 6.07) is 13.0. The number of quaternary nitrogens is 1. The topological polar surface area (TPSA) is 64.2 Å². The molecule has 1 aliphatic rings. The number of hydrogen-bond donors (Lipinski definition) is 2. The van der Waals surface area contributed by atoms with Crippen molar-refractivity contribution in [1.29, 1.82) is 0 Å². The van der Waals surface area contributed by atoms with E-state index in [2.05, 4.69) is 5.32 Å². The zero-order chi connectivity index (χ0) is 16.1. The molecule has 1 amide bonds. The van der Waals surface area contributed by atoms with Crippen LogP contribution in [-0.4, -0.2) is 25.7 Å². The maximum Gasteiger partial charge on any atom is 0.279 e. The Kier molecular flexibility index (Phi) is 5.00. The van der Waals surface area contributed by atoms with Crippen LogP contribution >= 0.6 is 11.6 Å². The molecule has 0 unspecified atom stereocenters. The lowest BCUT2D eigenvalue weighted by Gasteiger charge is -2.18. The maximum atomic E-state index is 12.0. The van der Waals surface area contributed by atoms with E-state index in [9.17, 15) is 4.79 Å². The number of fused-ring (bicyclic) bond motifs is 1. The van der Waals surface area contributed by atoms with Crippen molar-refractivity contribution in [2.75, 3.05) is 25.1 Å².